The maximum absolute atomic E-state index is 12.2. The summed E-state index contributed by atoms with van der Waals surface area (Å²) in [5.74, 6) is 2.65. The zero-order valence-electron chi connectivity index (χ0n) is 16.2. The number of carbonyl (C=O) groups excluding carboxylic acids is 1. The Morgan fingerprint density at radius 3 is 2.00 bits per heavy atom. The van der Waals surface area contributed by atoms with E-state index in [0.717, 1.165) is 5.56 Å². The summed E-state index contributed by atoms with van der Waals surface area (Å²) in [4.78, 5) is 12.2. The molecule has 0 radical (unpaired) electrons. The Labute approximate surface area is 159 Å². The topological polar surface area (TPSA) is 75.3 Å². The van der Waals surface area contributed by atoms with Gasteiger partial charge < -0.3 is 29.0 Å². The molecule has 0 aliphatic carbocycles. The van der Waals surface area contributed by atoms with Crippen LogP contribution >= 0.6 is 0 Å². The van der Waals surface area contributed by atoms with Crippen LogP contribution in [0, 0.1) is 0 Å². The van der Waals surface area contributed by atoms with Gasteiger partial charge in [-0.3, -0.25) is 4.79 Å². The van der Waals surface area contributed by atoms with Gasteiger partial charge in [-0.05, 0) is 24.6 Å². The molecule has 0 aromatic heterocycles. The zero-order chi connectivity index (χ0) is 19.8. The second-order valence-electron chi connectivity index (χ2n) is 5.74. The molecule has 0 fully saturated rings. The van der Waals surface area contributed by atoms with Crippen molar-refractivity contribution in [2.24, 2.45) is 0 Å². The highest BCUT2D eigenvalue weighted by Gasteiger charge is 2.13. The van der Waals surface area contributed by atoms with Crippen molar-refractivity contribution in [3.05, 3.63) is 42.0 Å². The standard InChI is InChI=1S/C20H25NO6/c1-13(14-6-7-18(25-4)19(8-14)26-5)21-20(22)12-27-17-10-15(23-2)9-16(11-17)24-3/h6-11,13H,12H2,1-5H3,(H,21,22)/t13-/m0/s1. The van der Waals surface area contributed by atoms with E-state index in [-0.39, 0.29) is 18.6 Å². The Kier molecular flexibility index (Phi) is 7.16. The van der Waals surface area contributed by atoms with Gasteiger partial charge in [0.05, 0.1) is 34.5 Å². The van der Waals surface area contributed by atoms with Crippen LogP contribution in [0.25, 0.3) is 0 Å². The maximum Gasteiger partial charge on any atom is 0.258 e. The van der Waals surface area contributed by atoms with Gasteiger partial charge in [-0.25, -0.2) is 0 Å². The number of carbonyl (C=O) groups is 1. The predicted octanol–water partition coefficient (Wildman–Crippen LogP) is 2.98. The summed E-state index contributed by atoms with van der Waals surface area (Å²) in [6, 6.07) is 10.4. The van der Waals surface area contributed by atoms with E-state index in [2.05, 4.69) is 5.32 Å². The number of ether oxygens (including phenoxy) is 5. The largest absolute Gasteiger partial charge is 0.496 e. The van der Waals surface area contributed by atoms with E-state index in [1.54, 1.807) is 52.7 Å². The van der Waals surface area contributed by atoms with E-state index < -0.39 is 0 Å². The molecule has 0 aliphatic rings. The number of amides is 1. The summed E-state index contributed by atoms with van der Waals surface area (Å²) < 4.78 is 26.4. The van der Waals surface area contributed by atoms with Gasteiger partial charge in [0, 0.05) is 18.2 Å². The van der Waals surface area contributed by atoms with E-state index in [9.17, 15) is 4.79 Å². The lowest BCUT2D eigenvalue weighted by atomic mass is 10.1. The van der Waals surface area contributed by atoms with Crippen LogP contribution in [0.1, 0.15) is 18.5 Å². The zero-order valence-corrected chi connectivity index (χ0v) is 16.2. The fourth-order valence-corrected chi connectivity index (χ4v) is 2.50. The van der Waals surface area contributed by atoms with Crippen molar-refractivity contribution in [1.29, 1.82) is 0 Å². The van der Waals surface area contributed by atoms with Gasteiger partial charge in [0.2, 0.25) is 0 Å². The molecule has 7 heteroatoms. The summed E-state index contributed by atoms with van der Waals surface area (Å²) in [5.41, 5.74) is 0.893. The smallest absolute Gasteiger partial charge is 0.258 e. The second-order valence-corrected chi connectivity index (χ2v) is 5.74. The molecule has 7 nitrogen and oxygen atoms in total. The molecule has 2 aromatic rings. The molecule has 146 valence electrons. The summed E-state index contributed by atoms with van der Waals surface area (Å²) >= 11 is 0. The average Bonchev–Trinajstić information content (AvgIpc) is 2.71. The van der Waals surface area contributed by atoms with Crippen molar-refractivity contribution in [3.8, 4) is 28.7 Å². The van der Waals surface area contributed by atoms with Crippen molar-refractivity contribution in [3.63, 3.8) is 0 Å². The molecule has 0 heterocycles. The minimum Gasteiger partial charge on any atom is -0.496 e. The first-order valence-electron chi connectivity index (χ1n) is 8.37. The molecule has 27 heavy (non-hydrogen) atoms. The lowest BCUT2D eigenvalue weighted by molar-refractivity contribution is -0.123. The number of methoxy groups -OCH3 is 4. The minimum absolute atomic E-state index is 0.131. The average molecular weight is 375 g/mol. The highest BCUT2D eigenvalue weighted by molar-refractivity contribution is 5.78. The number of benzene rings is 2. The first-order valence-corrected chi connectivity index (χ1v) is 8.37. The lowest BCUT2D eigenvalue weighted by Gasteiger charge is -2.17. The van der Waals surface area contributed by atoms with E-state index in [1.807, 2.05) is 19.1 Å². The molecule has 0 unspecified atom stereocenters. The molecule has 0 saturated heterocycles. The molecular formula is C20H25NO6. The highest BCUT2D eigenvalue weighted by Crippen LogP contribution is 2.30. The van der Waals surface area contributed by atoms with Gasteiger partial charge in [0.15, 0.2) is 18.1 Å². The summed E-state index contributed by atoms with van der Waals surface area (Å²) in [6.45, 7) is 1.75. The van der Waals surface area contributed by atoms with Gasteiger partial charge in [-0.2, -0.15) is 0 Å². The monoisotopic (exact) mass is 375 g/mol. The second kappa shape index (κ2) is 9.56. The van der Waals surface area contributed by atoms with Crippen LogP contribution < -0.4 is 29.0 Å². The van der Waals surface area contributed by atoms with Crippen LogP contribution in [0.2, 0.25) is 0 Å². The van der Waals surface area contributed by atoms with Gasteiger partial charge in [0.25, 0.3) is 5.91 Å². The van der Waals surface area contributed by atoms with Crippen molar-refractivity contribution in [1.82, 2.24) is 5.32 Å². The predicted molar refractivity (Wildman–Crippen MR) is 101 cm³/mol. The molecule has 0 bridgehead atoms. The molecule has 2 aromatic carbocycles. The Balaban J connectivity index is 1.97. The van der Waals surface area contributed by atoms with E-state index in [1.165, 1.54) is 0 Å². The summed E-state index contributed by atoms with van der Waals surface area (Å²) in [7, 11) is 6.25. The van der Waals surface area contributed by atoms with Crippen LogP contribution in [-0.4, -0.2) is 41.0 Å². The Hall–Kier alpha value is -3.09. The Morgan fingerprint density at radius 2 is 1.44 bits per heavy atom. The summed E-state index contributed by atoms with van der Waals surface area (Å²) in [6.07, 6.45) is 0. The molecule has 0 spiro atoms. The first-order chi connectivity index (χ1) is 13.0. The molecule has 0 aliphatic heterocycles. The first kappa shape index (κ1) is 20.2. The Bertz CT molecular complexity index is 755. The summed E-state index contributed by atoms with van der Waals surface area (Å²) in [5, 5.41) is 2.89. The van der Waals surface area contributed by atoms with Crippen molar-refractivity contribution >= 4 is 5.91 Å². The lowest BCUT2D eigenvalue weighted by Crippen LogP contribution is -2.31. The van der Waals surface area contributed by atoms with Crippen LogP contribution in [0.5, 0.6) is 28.7 Å². The fraction of sp³-hybridized carbons (Fsp3) is 0.350. The SMILES string of the molecule is COc1cc(OC)cc(OCC(=O)N[C@@H](C)c2ccc(OC)c(OC)c2)c1. The third-order valence-electron chi connectivity index (χ3n) is 3.98. The third kappa shape index (κ3) is 5.44. The normalized spacial score (nSPS) is 11.3. The van der Waals surface area contributed by atoms with Crippen LogP contribution in [0.3, 0.4) is 0 Å². The number of hydrogen-bond acceptors (Lipinski definition) is 6. The van der Waals surface area contributed by atoms with Crippen molar-refractivity contribution < 1.29 is 28.5 Å². The maximum atomic E-state index is 12.2. The molecule has 2 rings (SSSR count). The minimum atomic E-state index is -0.251. The third-order valence-corrected chi connectivity index (χ3v) is 3.98. The van der Waals surface area contributed by atoms with Crippen LogP contribution in [-0.2, 0) is 4.79 Å². The van der Waals surface area contributed by atoms with Crippen LogP contribution in [0.4, 0.5) is 0 Å². The van der Waals surface area contributed by atoms with Gasteiger partial charge in [-0.15, -0.1) is 0 Å². The number of rotatable bonds is 9. The Morgan fingerprint density at radius 1 is 0.852 bits per heavy atom. The number of nitrogens with one attached hydrogen (secondary N) is 1. The van der Waals surface area contributed by atoms with Gasteiger partial charge in [-0.1, -0.05) is 6.07 Å². The van der Waals surface area contributed by atoms with Gasteiger partial charge >= 0.3 is 0 Å². The molecule has 1 atom stereocenters. The highest BCUT2D eigenvalue weighted by atomic mass is 16.5. The van der Waals surface area contributed by atoms with Gasteiger partial charge in [0.1, 0.15) is 17.2 Å². The molecule has 1 N–H and O–H groups in total. The molecule has 0 saturated carbocycles. The van der Waals surface area contributed by atoms with Crippen LogP contribution in [0.15, 0.2) is 36.4 Å². The van der Waals surface area contributed by atoms with Crippen molar-refractivity contribution in [2.45, 2.75) is 13.0 Å². The molecular weight excluding hydrogens is 350 g/mol. The number of hydrogen-bond donors (Lipinski definition) is 1. The van der Waals surface area contributed by atoms with E-state index in [4.69, 9.17) is 23.7 Å². The quantitative estimate of drug-likeness (QED) is 0.726. The van der Waals surface area contributed by atoms with Crippen molar-refractivity contribution in [2.75, 3.05) is 35.0 Å². The fourth-order valence-electron chi connectivity index (χ4n) is 2.50. The van der Waals surface area contributed by atoms with E-state index in [0.29, 0.717) is 28.7 Å². The molecule has 1 amide bonds. The van der Waals surface area contributed by atoms with E-state index >= 15 is 0 Å².